The van der Waals surface area contributed by atoms with Crippen LogP contribution in [0.4, 0.5) is 0 Å². The van der Waals surface area contributed by atoms with Crippen LogP contribution in [-0.2, 0) is 4.74 Å². The highest BCUT2D eigenvalue weighted by Crippen LogP contribution is 2.43. The number of hydrazine groups is 1. The van der Waals surface area contributed by atoms with Crippen molar-refractivity contribution in [2.75, 3.05) is 13.7 Å². The first-order valence-corrected chi connectivity index (χ1v) is 7.89. The second-order valence-corrected chi connectivity index (χ2v) is 6.08. The van der Waals surface area contributed by atoms with Crippen LogP contribution in [0.3, 0.4) is 0 Å². The van der Waals surface area contributed by atoms with E-state index in [0.717, 1.165) is 24.2 Å². The summed E-state index contributed by atoms with van der Waals surface area (Å²) in [5, 5.41) is 0. The fraction of sp³-hybridized carbons (Fsp3) is 0.647. The van der Waals surface area contributed by atoms with E-state index < -0.39 is 0 Å². The molecule has 1 aromatic carbocycles. The minimum Gasteiger partial charge on any atom is -0.497 e. The number of benzene rings is 1. The van der Waals surface area contributed by atoms with Crippen LogP contribution in [0.5, 0.6) is 5.75 Å². The predicted octanol–water partition coefficient (Wildman–Crippen LogP) is 3.19. The third-order valence-corrected chi connectivity index (χ3v) is 4.54. The van der Waals surface area contributed by atoms with Gasteiger partial charge in [0.15, 0.2) is 0 Å². The predicted molar refractivity (Wildman–Crippen MR) is 85.0 cm³/mol. The molecule has 0 heterocycles. The SMILES string of the molecule is CCOC1(C(NN)c2cccc(OC)c2)CCCC(C)C1. The van der Waals surface area contributed by atoms with E-state index in [-0.39, 0.29) is 11.6 Å². The van der Waals surface area contributed by atoms with Crippen molar-refractivity contribution < 1.29 is 9.47 Å². The first kappa shape index (κ1) is 16.3. The molecule has 2 rings (SSSR count). The summed E-state index contributed by atoms with van der Waals surface area (Å²) in [6.45, 7) is 5.06. The molecule has 0 amide bonds. The third-order valence-electron chi connectivity index (χ3n) is 4.54. The van der Waals surface area contributed by atoms with Crippen LogP contribution in [-0.4, -0.2) is 19.3 Å². The summed E-state index contributed by atoms with van der Waals surface area (Å²) in [5.41, 5.74) is 3.90. The van der Waals surface area contributed by atoms with Gasteiger partial charge in [-0.1, -0.05) is 31.9 Å². The molecular formula is C17H28N2O2. The zero-order valence-electron chi connectivity index (χ0n) is 13.4. The van der Waals surface area contributed by atoms with E-state index in [0.29, 0.717) is 12.5 Å². The molecule has 3 unspecified atom stereocenters. The maximum absolute atomic E-state index is 6.24. The van der Waals surface area contributed by atoms with E-state index >= 15 is 0 Å². The standard InChI is InChI=1S/C17H28N2O2/c1-4-21-17(10-6-7-13(2)12-17)16(19-18)14-8-5-9-15(11-14)20-3/h5,8-9,11,13,16,19H,4,6-7,10,12,18H2,1-3H3. The van der Waals surface area contributed by atoms with E-state index in [1.807, 2.05) is 18.2 Å². The molecule has 1 fully saturated rings. The summed E-state index contributed by atoms with van der Waals surface area (Å²) in [5.74, 6) is 7.43. The fourth-order valence-electron chi connectivity index (χ4n) is 3.68. The van der Waals surface area contributed by atoms with Crippen molar-refractivity contribution in [1.29, 1.82) is 0 Å². The topological polar surface area (TPSA) is 56.5 Å². The van der Waals surface area contributed by atoms with Crippen molar-refractivity contribution in [3.8, 4) is 5.75 Å². The average molecular weight is 292 g/mol. The molecule has 4 nitrogen and oxygen atoms in total. The third kappa shape index (κ3) is 3.57. The van der Waals surface area contributed by atoms with Gasteiger partial charge in [-0.15, -0.1) is 0 Å². The maximum atomic E-state index is 6.24. The number of hydrogen-bond acceptors (Lipinski definition) is 4. The molecule has 1 aromatic rings. The molecule has 1 aliphatic carbocycles. The number of rotatable bonds is 6. The van der Waals surface area contributed by atoms with Gasteiger partial charge in [0.1, 0.15) is 5.75 Å². The first-order chi connectivity index (χ1) is 10.1. The van der Waals surface area contributed by atoms with E-state index in [9.17, 15) is 0 Å². The number of nitrogens with two attached hydrogens (primary N) is 1. The van der Waals surface area contributed by atoms with Crippen LogP contribution in [0.1, 0.15) is 51.1 Å². The van der Waals surface area contributed by atoms with Crippen molar-refractivity contribution in [3.05, 3.63) is 29.8 Å². The molecule has 1 saturated carbocycles. The Morgan fingerprint density at radius 1 is 1.48 bits per heavy atom. The smallest absolute Gasteiger partial charge is 0.119 e. The highest BCUT2D eigenvalue weighted by atomic mass is 16.5. The molecule has 0 spiro atoms. The fourth-order valence-corrected chi connectivity index (χ4v) is 3.68. The van der Waals surface area contributed by atoms with Gasteiger partial charge >= 0.3 is 0 Å². The minimum atomic E-state index is -0.229. The monoisotopic (exact) mass is 292 g/mol. The molecule has 21 heavy (non-hydrogen) atoms. The van der Waals surface area contributed by atoms with Gasteiger partial charge in [-0.25, -0.2) is 0 Å². The van der Waals surface area contributed by atoms with Gasteiger partial charge in [0.2, 0.25) is 0 Å². The molecule has 0 aliphatic heterocycles. The van der Waals surface area contributed by atoms with Gasteiger partial charge in [0, 0.05) is 6.61 Å². The molecule has 1 aliphatic rings. The van der Waals surface area contributed by atoms with Crippen molar-refractivity contribution in [2.45, 2.75) is 51.2 Å². The summed E-state index contributed by atoms with van der Waals surface area (Å²) in [6.07, 6.45) is 4.53. The molecule has 0 saturated heterocycles. The first-order valence-electron chi connectivity index (χ1n) is 7.89. The summed E-state index contributed by atoms with van der Waals surface area (Å²) in [7, 11) is 1.69. The molecule has 118 valence electrons. The Kier molecular flexibility index (Phi) is 5.62. The minimum absolute atomic E-state index is 0.0182. The lowest BCUT2D eigenvalue weighted by atomic mass is 9.73. The average Bonchev–Trinajstić information content (AvgIpc) is 2.48. The van der Waals surface area contributed by atoms with Crippen LogP contribution in [0.2, 0.25) is 0 Å². The Morgan fingerprint density at radius 2 is 2.29 bits per heavy atom. The number of methoxy groups -OCH3 is 1. The van der Waals surface area contributed by atoms with Gasteiger partial charge in [-0.3, -0.25) is 11.3 Å². The molecule has 3 atom stereocenters. The van der Waals surface area contributed by atoms with Crippen LogP contribution < -0.4 is 16.0 Å². The maximum Gasteiger partial charge on any atom is 0.119 e. The lowest BCUT2D eigenvalue weighted by molar-refractivity contribution is -0.102. The van der Waals surface area contributed by atoms with Crippen molar-refractivity contribution >= 4 is 0 Å². The highest BCUT2D eigenvalue weighted by molar-refractivity contribution is 5.32. The molecule has 4 heteroatoms. The molecular weight excluding hydrogens is 264 g/mol. The van der Waals surface area contributed by atoms with Crippen LogP contribution in [0.15, 0.2) is 24.3 Å². The van der Waals surface area contributed by atoms with E-state index in [2.05, 4.69) is 25.3 Å². The lowest BCUT2D eigenvalue weighted by Crippen LogP contribution is -2.51. The van der Waals surface area contributed by atoms with Gasteiger partial charge in [-0.05, 0) is 43.4 Å². The number of hydrogen-bond donors (Lipinski definition) is 2. The Balaban J connectivity index is 2.34. The molecule has 0 bridgehead atoms. The molecule has 0 aromatic heterocycles. The Bertz CT molecular complexity index is 448. The normalized spacial score (nSPS) is 27.3. The second-order valence-electron chi connectivity index (χ2n) is 6.08. The molecule has 0 radical (unpaired) electrons. The van der Waals surface area contributed by atoms with Crippen LogP contribution in [0, 0.1) is 5.92 Å². The van der Waals surface area contributed by atoms with Crippen LogP contribution >= 0.6 is 0 Å². The Morgan fingerprint density at radius 3 is 2.90 bits per heavy atom. The van der Waals surface area contributed by atoms with Crippen LogP contribution in [0.25, 0.3) is 0 Å². The van der Waals surface area contributed by atoms with E-state index in [1.54, 1.807) is 7.11 Å². The number of ether oxygens (including phenoxy) is 2. The van der Waals surface area contributed by atoms with E-state index in [1.165, 1.54) is 12.8 Å². The number of nitrogens with one attached hydrogen (secondary N) is 1. The van der Waals surface area contributed by atoms with E-state index in [4.69, 9.17) is 15.3 Å². The summed E-state index contributed by atoms with van der Waals surface area (Å²) in [4.78, 5) is 0. The Labute approximate surface area is 128 Å². The highest BCUT2D eigenvalue weighted by Gasteiger charge is 2.43. The lowest BCUT2D eigenvalue weighted by Gasteiger charge is -2.45. The zero-order valence-corrected chi connectivity index (χ0v) is 13.4. The van der Waals surface area contributed by atoms with Crippen molar-refractivity contribution in [1.82, 2.24) is 5.43 Å². The van der Waals surface area contributed by atoms with Crippen molar-refractivity contribution in [3.63, 3.8) is 0 Å². The second kappa shape index (κ2) is 7.25. The van der Waals surface area contributed by atoms with Gasteiger partial charge in [0.25, 0.3) is 0 Å². The zero-order chi connectivity index (χ0) is 15.3. The summed E-state index contributed by atoms with van der Waals surface area (Å²) in [6, 6.07) is 8.08. The van der Waals surface area contributed by atoms with Gasteiger partial charge in [-0.2, -0.15) is 0 Å². The summed E-state index contributed by atoms with van der Waals surface area (Å²) >= 11 is 0. The van der Waals surface area contributed by atoms with Gasteiger partial charge in [0.05, 0.1) is 18.8 Å². The Hall–Kier alpha value is -1.10. The largest absolute Gasteiger partial charge is 0.497 e. The quantitative estimate of drug-likeness (QED) is 0.624. The van der Waals surface area contributed by atoms with Crippen molar-refractivity contribution in [2.24, 2.45) is 11.8 Å². The van der Waals surface area contributed by atoms with Gasteiger partial charge < -0.3 is 9.47 Å². The molecule has 3 N–H and O–H groups in total. The summed E-state index contributed by atoms with van der Waals surface area (Å²) < 4.78 is 11.6.